The van der Waals surface area contributed by atoms with Gasteiger partial charge in [-0.1, -0.05) is 11.6 Å². The number of anilines is 2. The summed E-state index contributed by atoms with van der Waals surface area (Å²) in [5.41, 5.74) is 5.61. The van der Waals surface area contributed by atoms with Gasteiger partial charge in [-0.3, -0.25) is 0 Å². The molecule has 0 aliphatic carbocycles. The molecule has 0 aliphatic heterocycles. The molecule has 1 rings (SSSR count). The van der Waals surface area contributed by atoms with E-state index in [0.29, 0.717) is 16.4 Å². The summed E-state index contributed by atoms with van der Waals surface area (Å²) in [5, 5.41) is 12.3. The Bertz CT molecular complexity index is 391. The number of benzene rings is 1. The molecule has 4 N–H and O–H groups in total. The monoisotopic (exact) mass is 228 g/mol. The molecule has 15 heavy (non-hydrogen) atoms. The Morgan fingerprint density at radius 1 is 1.53 bits per heavy atom. The van der Waals surface area contributed by atoms with Crippen molar-refractivity contribution in [3.05, 3.63) is 23.2 Å². The van der Waals surface area contributed by atoms with E-state index >= 15 is 0 Å². The van der Waals surface area contributed by atoms with Gasteiger partial charge in [-0.25, -0.2) is 4.79 Å². The lowest BCUT2D eigenvalue weighted by Crippen LogP contribution is -2.40. The van der Waals surface area contributed by atoms with Crippen molar-refractivity contribution >= 4 is 28.9 Å². The Balaban J connectivity index is 2.95. The van der Waals surface area contributed by atoms with Crippen LogP contribution < -0.4 is 11.1 Å². The zero-order valence-corrected chi connectivity index (χ0v) is 9.30. The molecule has 0 fully saturated rings. The fourth-order valence-electron chi connectivity index (χ4n) is 1.04. The molecule has 5 heteroatoms. The largest absolute Gasteiger partial charge is 0.480 e. The first-order chi connectivity index (χ1) is 6.83. The average Bonchev–Trinajstić information content (AvgIpc) is 2.09. The highest BCUT2D eigenvalue weighted by atomic mass is 35.5. The summed E-state index contributed by atoms with van der Waals surface area (Å²) in [6, 6.07) is 4.88. The molecule has 0 heterocycles. The number of rotatable bonds is 3. The van der Waals surface area contributed by atoms with Crippen LogP contribution in [0.3, 0.4) is 0 Å². The van der Waals surface area contributed by atoms with Crippen molar-refractivity contribution in [2.45, 2.75) is 19.4 Å². The third kappa shape index (κ3) is 2.76. The minimum absolute atomic E-state index is 0.428. The standard InChI is InChI=1S/C10H13ClN2O2/c1-10(2,9(14)15)13-8-4-3-6(11)5-7(8)12/h3-5,13H,12H2,1-2H3,(H,14,15). The lowest BCUT2D eigenvalue weighted by atomic mass is 10.1. The molecular weight excluding hydrogens is 216 g/mol. The molecule has 82 valence electrons. The van der Waals surface area contributed by atoms with Crippen molar-refractivity contribution in [2.75, 3.05) is 11.1 Å². The van der Waals surface area contributed by atoms with Crippen molar-refractivity contribution < 1.29 is 9.90 Å². The van der Waals surface area contributed by atoms with Gasteiger partial charge in [0.2, 0.25) is 0 Å². The second kappa shape index (κ2) is 3.98. The van der Waals surface area contributed by atoms with Gasteiger partial charge in [-0.15, -0.1) is 0 Å². The van der Waals surface area contributed by atoms with Crippen molar-refractivity contribution in [3.8, 4) is 0 Å². The van der Waals surface area contributed by atoms with E-state index in [-0.39, 0.29) is 0 Å². The zero-order chi connectivity index (χ0) is 11.6. The van der Waals surface area contributed by atoms with Crippen LogP contribution in [0.2, 0.25) is 5.02 Å². The number of hydrogen-bond donors (Lipinski definition) is 3. The number of nitrogen functional groups attached to an aromatic ring is 1. The third-order valence-electron chi connectivity index (χ3n) is 2.00. The summed E-state index contributed by atoms with van der Waals surface area (Å²) in [6.45, 7) is 3.12. The molecule has 0 bridgehead atoms. The van der Waals surface area contributed by atoms with E-state index in [1.807, 2.05) is 0 Å². The molecule has 1 aromatic carbocycles. The predicted octanol–water partition coefficient (Wildman–Crippen LogP) is 2.20. The molecule has 0 spiro atoms. The van der Waals surface area contributed by atoms with Crippen LogP contribution in [-0.4, -0.2) is 16.6 Å². The number of hydrogen-bond acceptors (Lipinski definition) is 3. The molecule has 4 nitrogen and oxygen atoms in total. The van der Waals surface area contributed by atoms with Crippen molar-refractivity contribution in [2.24, 2.45) is 0 Å². The van der Waals surface area contributed by atoms with Crippen LogP contribution in [0.5, 0.6) is 0 Å². The first-order valence-corrected chi connectivity index (χ1v) is 4.77. The first kappa shape index (κ1) is 11.7. The molecule has 0 saturated heterocycles. The highest BCUT2D eigenvalue weighted by Crippen LogP contribution is 2.25. The minimum atomic E-state index is -1.07. The maximum absolute atomic E-state index is 10.9. The smallest absolute Gasteiger partial charge is 0.328 e. The molecule has 0 atom stereocenters. The Morgan fingerprint density at radius 3 is 2.60 bits per heavy atom. The summed E-state index contributed by atoms with van der Waals surface area (Å²) >= 11 is 5.73. The van der Waals surface area contributed by atoms with Crippen LogP contribution in [0.1, 0.15) is 13.8 Å². The van der Waals surface area contributed by atoms with Crippen LogP contribution in [0.15, 0.2) is 18.2 Å². The third-order valence-corrected chi connectivity index (χ3v) is 2.23. The highest BCUT2D eigenvalue weighted by Gasteiger charge is 2.27. The minimum Gasteiger partial charge on any atom is -0.480 e. The number of carboxylic acids is 1. The molecular formula is C10H13ClN2O2. The van der Waals surface area contributed by atoms with Gasteiger partial charge in [-0.2, -0.15) is 0 Å². The highest BCUT2D eigenvalue weighted by molar-refractivity contribution is 6.31. The van der Waals surface area contributed by atoms with E-state index in [1.165, 1.54) is 0 Å². The average molecular weight is 229 g/mol. The molecule has 1 aromatic rings. The van der Waals surface area contributed by atoms with Crippen molar-refractivity contribution in [1.82, 2.24) is 0 Å². The number of carboxylic acid groups (broad SMARTS) is 1. The van der Waals surface area contributed by atoms with E-state index in [2.05, 4.69) is 5.32 Å². The van der Waals surface area contributed by atoms with E-state index in [0.717, 1.165) is 0 Å². The summed E-state index contributed by atoms with van der Waals surface area (Å²) in [6.07, 6.45) is 0. The topological polar surface area (TPSA) is 75.3 Å². The van der Waals surface area contributed by atoms with Gasteiger partial charge in [0.25, 0.3) is 0 Å². The van der Waals surface area contributed by atoms with E-state index < -0.39 is 11.5 Å². The van der Waals surface area contributed by atoms with E-state index in [9.17, 15) is 4.79 Å². The maximum Gasteiger partial charge on any atom is 0.328 e. The molecule has 0 saturated carbocycles. The van der Waals surface area contributed by atoms with Crippen LogP contribution in [-0.2, 0) is 4.79 Å². The van der Waals surface area contributed by atoms with Gasteiger partial charge in [0.05, 0.1) is 11.4 Å². The predicted molar refractivity (Wildman–Crippen MR) is 61.2 cm³/mol. The number of halogens is 1. The van der Waals surface area contributed by atoms with Crippen LogP contribution in [0, 0.1) is 0 Å². The summed E-state index contributed by atoms with van der Waals surface area (Å²) < 4.78 is 0. The Labute approximate surface area is 93.0 Å². The second-order valence-corrected chi connectivity index (χ2v) is 4.22. The quantitative estimate of drug-likeness (QED) is 0.694. The lowest BCUT2D eigenvalue weighted by Gasteiger charge is -2.23. The Morgan fingerprint density at radius 2 is 2.13 bits per heavy atom. The number of carbonyl (C=O) groups is 1. The lowest BCUT2D eigenvalue weighted by molar-refractivity contribution is -0.141. The van der Waals surface area contributed by atoms with Gasteiger partial charge < -0.3 is 16.2 Å². The Hall–Kier alpha value is -1.42. The van der Waals surface area contributed by atoms with E-state index in [4.69, 9.17) is 22.4 Å². The summed E-state index contributed by atoms with van der Waals surface area (Å²) in [4.78, 5) is 10.9. The van der Waals surface area contributed by atoms with Crippen LogP contribution in [0.4, 0.5) is 11.4 Å². The number of nitrogens with one attached hydrogen (secondary N) is 1. The molecule has 0 radical (unpaired) electrons. The van der Waals surface area contributed by atoms with Gasteiger partial charge >= 0.3 is 5.97 Å². The van der Waals surface area contributed by atoms with Gasteiger partial charge in [-0.05, 0) is 32.0 Å². The SMILES string of the molecule is CC(C)(Nc1ccc(Cl)cc1N)C(=O)O. The van der Waals surface area contributed by atoms with Crippen LogP contribution in [0.25, 0.3) is 0 Å². The van der Waals surface area contributed by atoms with Gasteiger partial charge in [0, 0.05) is 5.02 Å². The number of nitrogens with two attached hydrogens (primary N) is 1. The molecule has 0 unspecified atom stereocenters. The maximum atomic E-state index is 10.9. The molecule has 0 aromatic heterocycles. The Kier molecular flexibility index (Phi) is 3.09. The van der Waals surface area contributed by atoms with Gasteiger partial charge in [0.15, 0.2) is 0 Å². The van der Waals surface area contributed by atoms with Crippen molar-refractivity contribution in [1.29, 1.82) is 0 Å². The van der Waals surface area contributed by atoms with E-state index in [1.54, 1.807) is 32.0 Å². The zero-order valence-electron chi connectivity index (χ0n) is 8.54. The second-order valence-electron chi connectivity index (χ2n) is 3.79. The van der Waals surface area contributed by atoms with Crippen molar-refractivity contribution in [3.63, 3.8) is 0 Å². The fraction of sp³-hybridized carbons (Fsp3) is 0.300. The van der Waals surface area contributed by atoms with Gasteiger partial charge in [0.1, 0.15) is 5.54 Å². The molecule has 0 amide bonds. The van der Waals surface area contributed by atoms with Crippen LogP contribution >= 0.6 is 11.6 Å². The number of aliphatic carboxylic acids is 1. The molecule has 0 aliphatic rings. The summed E-state index contributed by atoms with van der Waals surface area (Å²) in [7, 11) is 0. The fourth-order valence-corrected chi connectivity index (χ4v) is 1.22. The summed E-state index contributed by atoms with van der Waals surface area (Å²) in [5.74, 6) is -0.947. The first-order valence-electron chi connectivity index (χ1n) is 4.39. The normalized spacial score (nSPS) is 11.1.